The SMILES string of the molecule is CC(C)(C)N1CC(C#Cc2cccc3ccccc23)N(C(C)(C)C)C1=NC#N. The van der Waals surface area contributed by atoms with E-state index in [2.05, 4.69) is 92.4 Å². The molecule has 0 amide bonds. The van der Waals surface area contributed by atoms with Gasteiger partial charge in [0.15, 0.2) is 0 Å². The molecule has 0 radical (unpaired) electrons. The van der Waals surface area contributed by atoms with Crippen molar-refractivity contribution in [2.75, 3.05) is 6.54 Å². The second kappa shape index (κ2) is 7.21. The Labute approximate surface area is 168 Å². The average Bonchev–Trinajstić information content (AvgIpc) is 2.99. The molecular formula is C24H28N4. The summed E-state index contributed by atoms with van der Waals surface area (Å²) in [6.07, 6.45) is 1.99. The number of fused-ring (bicyclic) bond motifs is 1. The lowest BCUT2D eigenvalue weighted by Gasteiger charge is -2.38. The predicted octanol–water partition coefficient (Wildman–Crippen LogP) is 4.61. The standard InChI is InChI=1S/C24H28N4/c1-23(2,3)27-16-20(28(24(4,5)6)22(27)26-17-25)15-14-19-12-9-11-18-10-7-8-13-21(18)19/h7-13,20H,16H2,1-6H3. The highest BCUT2D eigenvalue weighted by Gasteiger charge is 2.44. The number of hydrogen-bond acceptors (Lipinski definition) is 2. The Balaban J connectivity index is 2.07. The predicted molar refractivity (Wildman–Crippen MR) is 116 cm³/mol. The number of nitrogens with zero attached hydrogens (tertiary/aromatic N) is 4. The van der Waals surface area contributed by atoms with Gasteiger partial charge in [-0.2, -0.15) is 5.26 Å². The van der Waals surface area contributed by atoms with E-state index < -0.39 is 0 Å². The van der Waals surface area contributed by atoms with E-state index in [0.717, 1.165) is 17.5 Å². The molecule has 4 nitrogen and oxygen atoms in total. The Morgan fingerprint density at radius 1 is 0.964 bits per heavy atom. The zero-order valence-electron chi connectivity index (χ0n) is 17.6. The van der Waals surface area contributed by atoms with Gasteiger partial charge in [0.1, 0.15) is 6.04 Å². The van der Waals surface area contributed by atoms with Crippen molar-refractivity contribution in [3.8, 4) is 18.0 Å². The van der Waals surface area contributed by atoms with Gasteiger partial charge < -0.3 is 9.80 Å². The van der Waals surface area contributed by atoms with Crippen LogP contribution < -0.4 is 0 Å². The second-order valence-electron chi connectivity index (χ2n) is 9.15. The molecule has 2 aromatic rings. The van der Waals surface area contributed by atoms with Crippen molar-refractivity contribution in [1.29, 1.82) is 5.26 Å². The van der Waals surface area contributed by atoms with Crippen LogP contribution in [0.1, 0.15) is 47.1 Å². The molecule has 1 heterocycles. The normalized spacial score (nSPS) is 18.9. The fourth-order valence-corrected chi connectivity index (χ4v) is 3.71. The molecule has 1 saturated heterocycles. The summed E-state index contributed by atoms with van der Waals surface area (Å²) < 4.78 is 0. The van der Waals surface area contributed by atoms with Gasteiger partial charge in [-0.15, -0.1) is 4.99 Å². The molecule has 0 N–H and O–H groups in total. The van der Waals surface area contributed by atoms with Crippen molar-refractivity contribution in [2.24, 2.45) is 4.99 Å². The lowest BCUT2D eigenvalue weighted by molar-refractivity contribution is 0.228. The number of aliphatic imine (C=N–C) groups is 1. The van der Waals surface area contributed by atoms with Crippen LogP contribution in [-0.4, -0.2) is 39.4 Å². The molecule has 0 bridgehead atoms. The van der Waals surface area contributed by atoms with Crippen LogP contribution in [0, 0.1) is 23.3 Å². The lowest BCUT2D eigenvalue weighted by Crippen LogP contribution is -2.51. The molecule has 1 atom stereocenters. The minimum Gasteiger partial charge on any atom is -0.334 e. The molecule has 2 aromatic carbocycles. The zero-order chi connectivity index (χ0) is 20.5. The fraction of sp³-hybridized carbons (Fsp3) is 0.417. The summed E-state index contributed by atoms with van der Waals surface area (Å²) in [7, 11) is 0. The van der Waals surface area contributed by atoms with E-state index in [0.29, 0.717) is 5.96 Å². The van der Waals surface area contributed by atoms with Crippen LogP contribution in [0.4, 0.5) is 0 Å². The Kier molecular flexibility index (Phi) is 5.09. The highest BCUT2D eigenvalue weighted by atomic mass is 15.5. The fourth-order valence-electron chi connectivity index (χ4n) is 3.71. The Morgan fingerprint density at radius 2 is 1.64 bits per heavy atom. The topological polar surface area (TPSA) is 42.6 Å². The van der Waals surface area contributed by atoms with Gasteiger partial charge in [0.25, 0.3) is 0 Å². The molecule has 0 spiro atoms. The maximum absolute atomic E-state index is 9.28. The molecule has 1 unspecified atom stereocenters. The maximum atomic E-state index is 9.28. The van der Waals surface area contributed by atoms with Crippen LogP contribution in [0.2, 0.25) is 0 Å². The van der Waals surface area contributed by atoms with Gasteiger partial charge in [-0.25, -0.2) is 0 Å². The molecule has 3 rings (SSSR count). The third-order valence-electron chi connectivity index (χ3n) is 4.97. The Bertz CT molecular complexity index is 998. The number of rotatable bonds is 0. The van der Waals surface area contributed by atoms with Crippen LogP contribution in [-0.2, 0) is 0 Å². The minimum absolute atomic E-state index is 0.0368. The smallest absolute Gasteiger partial charge is 0.214 e. The number of benzene rings is 2. The van der Waals surface area contributed by atoms with Crippen LogP contribution in [0.25, 0.3) is 10.8 Å². The summed E-state index contributed by atoms with van der Waals surface area (Å²) in [5.41, 5.74) is 0.683. The highest BCUT2D eigenvalue weighted by Crippen LogP contribution is 2.30. The highest BCUT2D eigenvalue weighted by molar-refractivity contribution is 5.88. The molecular weight excluding hydrogens is 344 g/mol. The lowest BCUT2D eigenvalue weighted by atomic mass is 10.0. The van der Waals surface area contributed by atoms with Gasteiger partial charge in [-0.05, 0) is 58.4 Å². The second-order valence-corrected chi connectivity index (χ2v) is 9.15. The van der Waals surface area contributed by atoms with Gasteiger partial charge in [0.2, 0.25) is 12.2 Å². The van der Waals surface area contributed by atoms with E-state index in [1.807, 2.05) is 24.4 Å². The molecule has 28 heavy (non-hydrogen) atoms. The van der Waals surface area contributed by atoms with E-state index in [1.165, 1.54) is 5.39 Å². The average molecular weight is 373 g/mol. The molecule has 4 heteroatoms. The summed E-state index contributed by atoms with van der Waals surface area (Å²) in [5, 5.41) is 11.6. The first-order valence-electron chi connectivity index (χ1n) is 9.66. The first kappa shape index (κ1) is 19.8. The van der Waals surface area contributed by atoms with Gasteiger partial charge in [0, 0.05) is 16.6 Å². The van der Waals surface area contributed by atoms with E-state index >= 15 is 0 Å². The largest absolute Gasteiger partial charge is 0.334 e. The number of guanidine groups is 1. The van der Waals surface area contributed by atoms with Crippen LogP contribution in [0.3, 0.4) is 0 Å². The summed E-state index contributed by atoms with van der Waals surface area (Å²) in [5.74, 6) is 7.60. The summed E-state index contributed by atoms with van der Waals surface area (Å²) in [6, 6.07) is 14.5. The first-order valence-corrected chi connectivity index (χ1v) is 9.66. The summed E-state index contributed by atoms with van der Waals surface area (Å²) >= 11 is 0. The third-order valence-corrected chi connectivity index (χ3v) is 4.97. The quantitative estimate of drug-likeness (QED) is 0.501. The maximum Gasteiger partial charge on any atom is 0.214 e. The molecule has 1 fully saturated rings. The number of nitriles is 1. The van der Waals surface area contributed by atoms with Gasteiger partial charge >= 0.3 is 0 Å². The van der Waals surface area contributed by atoms with Crippen molar-refractivity contribution in [3.63, 3.8) is 0 Å². The van der Waals surface area contributed by atoms with Crippen molar-refractivity contribution in [2.45, 2.75) is 58.7 Å². The van der Waals surface area contributed by atoms with E-state index in [-0.39, 0.29) is 17.1 Å². The molecule has 1 aliphatic heterocycles. The molecule has 144 valence electrons. The molecule has 1 aliphatic rings. The Hall–Kier alpha value is -2.98. The molecule has 0 aliphatic carbocycles. The van der Waals surface area contributed by atoms with Crippen molar-refractivity contribution >= 4 is 16.7 Å². The van der Waals surface area contributed by atoms with Crippen molar-refractivity contribution < 1.29 is 0 Å². The monoisotopic (exact) mass is 372 g/mol. The third kappa shape index (κ3) is 3.82. The summed E-state index contributed by atoms with van der Waals surface area (Å²) in [4.78, 5) is 8.55. The van der Waals surface area contributed by atoms with Gasteiger partial charge in [0.05, 0.1) is 6.54 Å². The van der Waals surface area contributed by atoms with Crippen molar-refractivity contribution in [1.82, 2.24) is 9.80 Å². The van der Waals surface area contributed by atoms with Gasteiger partial charge in [-0.1, -0.05) is 48.2 Å². The van der Waals surface area contributed by atoms with Crippen molar-refractivity contribution in [3.05, 3.63) is 48.0 Å². The van der Waals surface area contributed by atoms with Crippen LogP contribution in [0.15, 0.2) is 47.5 Å². The molecule has 0 aromatic heterocycles. The zero-order valence-corrected chi connectivity index (χ0v) is 17.6. The van der Waals surface area contributed by atoms with Crippen LogP contribution in [0.5, 0.6) is 0 Å². The van der Waals surface area contributed by atoms with E-state index in [4.69, 9.17) is 0 Å². The molecule has 0 saturated carbocycles. The van der Waals surface area contributed by atoms with E-state index in [9.17, 15) is 5.26 Å². The Morgan fingerprint density at radius 3 is 2.29 bits per heavy atom. The van der Waals surface area contributed by atoms with Gasteiger partial charge in [-0.3, -0.25) is 0 Å². The van der Waals surface area contributed by atoms with Crippen LogP contribution >= 0.6 is 0 Å². The summed E-state index contributed by atoms with van der Waals surface area (Å²) in [6.45, 7) is 13.6. The number of hydrogen-bond donors (Lipinski definition) is 0. The minimum atomic E-state index is -0.201. The first-order chi connectivity index (χ1) is 13.1. The van der Waals surface area contributed by atoms with E-state index in [1.54, 1.807) is 0 Å².